The zero-order valence-corrected chi connectivity index (χ0v) is 34.9. The first-order valence-corrected chi connectivity index (χ1v) is 22.0. The van der Waals surface area contributed by atoms with Crippen molar-refractivity contribution in [2.75, 3.05) is 4.90 Å². The third-order valence-electron chi connectivity index (χ3n) is 13.5. The van der Waals surface area contributed by atoms with Gasteiger partial charge in [0.2, 0.25) is 0 Å². The van der Waals surface area contributed by atoms with E-state index >= 15 is 0 Å². The molecule has 0 amide bonds. The van der Waals surface area contributed by atoms with E-state index in [0.717, 1.165) is 55.8 Å². The second-order valence-corrected chi connectivity index (χ2v) is 16.8. The van der Waals surface area contributed by atoms with E-state index in [1.807, 2.05) is 12.1 Å². The minimum atomic E-state index is -0.471. The molecule has 0 saturated carbocycles. The molecule has 0 N–H and O–H groups in total. The van der Waals surface area contributed by atoms with E-state index in [1.165, 1.54) is 55.2 Å². The second-order valence-electron chi connectivity index (χ2n) is 16.8. The van der Waals surface area contributed by atoms with Gasteiger partial charge in [0, 0.05) is 49.9 Å². The number of fused-ring (bicyclic) bond motifs is 9. The molecular formula is C61H40N2O. The highest BCUT2D eigenvalue weighted by Gasteiger charge is 2.46. The van der Waals surface area contributed by atoms with Gasteiger partial charge in [0.25, 0.3) is 0 Å². The second kappa shape index (κ2) is 14.3. The van der Waals surface area contributed by atoms with Crippen molar-refractivity contribution >= 4 is 60.8 Å². The average molecular weight is 817 g/mol. The van der Waals surface area contributed by atoms with Crippen LogP contribution >= 0.6 is 0 Å². The molecule has 0 saturated heterocycles. The summed E-state index contributed by atoms with van der Waals surface area (Å²) in [5, 5.41) is 4.77. The van der Waals surface area contributed by atoms with Gasteiger partial charge < -0.3 is 13.9 Å². The Bertz CT molecular complexity index is 3620. The summed E-state index contributed by atoms with van der Waals surface area (Å²) in [5.41, 5.74) is 17.8. The third-order valence-corrected chi connectivity index (χ3v) is 13.5. The molecule has 2 heterocycles. The maximum Gasteiger partial charge on any atom is 0.143 e. The van der Waals surface area contributed by atoms with Crippen LogP contribution in [0.2, 0.25) is 0 Å². The first kappa shape index (κ1) is 36.3. The van der Waals surface area contributed by atoms with Crippen LogP contribution in [0.25, 0.3) is 71.7 Å². The molecule has 10 aromatic carbocycles. The highest BCUT2D eigenvalue weighted by atomic mass is 16.3. The van der Waals surface area contributed by atoms with Gasteiger partial charge in [0.15, 0.2) is 0 Å². The third kappa shape index (κ3) is 5.34. The Balaban J connectivity index is 0.991. The van der Waals surface area contributed by atoms with Gasteiger partial charge in [-0.3, -0.25) is 0 Å². The van der Waals surface area contributed by atoms with Gasteiger partial charge in [-0.2, -0.15) is 0 Å². The van der Waals surface area contributed by atoms with E-state index in [0.29, 0.717) is 0 Å². The first-order chi connectivity index (χ1) is 31.8. The van der Waals surface area contributed by atoms with E-state index in [2.05, 4.69) is 240 Å². The molecule has 0 unspecified atom stereocenters. The normalized spacial score (nSPS) is 12.8. The van der Waals surface area contributed by atoms with Crippen LogP contribution in [0.5, 0.6) is 0 Å². The van der Waals surface area contributed by atoms with Crippen LogP contribution in [-0.2, 0) is 5.41 Å². The Hall–Kier alpha value is -8.40. The lowest BCUT2D eigenvalue weighted by atomic mass is 9.68. The molecule has 0 radical (unpaired) electrons. The van der Waals surface area contributed by atoms with Gasteiger partial charge in [-0.1, -0.05) is 176 Å². The molecular weight excluding hydrogens is 777 g/mol. The van der Waals surface area contributed by atoms with Crippen molar-refractivity contribution in [3.8, 4) is 27.9 Å². The number of aromatic nitrogens is 1. The van der Waals surface area contributed by atoms with Gasteiger partial charge in [-0.05, 0) is 106 Å². The first-order valence-electron chi connectivity index (χ1n) is 22.0. The summed E-state index contributed by atoms with van der Waals surface area (Å²) in [6.45, 7) is 0. The summed E-state index contributed by atoms with van der Waals surface area (Å²) in [5.74, 6) is 0. The van der Waals surface area contributed by atoms with Crippen LogP contribution in [0.3, 0.4) is 0 Å². The number of hydrogen-bond acceptors (Lipinski definition) is 2. The monoisotopic (exact) mass is 816 g/mol. The molecule has 64 heavy (non-hydrogen) atoms. The van der Waals surface area contributed by atoms with Crippen LogP contribution in [0.1, 0.15) is 22.3 Å². The minimum absolute atomic E-state index is 0.471. The van der Waals surface area contributed by atoms with Gasteiger partial charge in [-0.25, -0.2) is 0 Å². The summed E-state index contributed by atoms with van der Waals surface area (Å²) in [7, 11) is 0. The average Bonchev–Trinajstić information content (AvgIpc) is 4.02. The topological polar surface area (TPSA) is 21.3 Å². The molecule has 0 spiro atoms. The maximum atomic E-state index is 6.49. The fourth-order valence-corrected chi connectivity index (χ4v) is 10.7. The predicted octanol–water partition coefficient (Wildman–Crippen LogP) is 16.2. The molecule has 13 rings (SSSR count). The van der Waals surface area contributed by atoms with Crippen LogP contribution in [-0.4, -0.2) is 4.57 Å². The predicted molar refractivity (Wildman–Crippen MR) is 265 cm³/mol. The fourth-order valence-electron chi connectivity index (χ4n) is 10.7. The molecule has 3 nitrogen and oxygen atoms in total. The van der Waals surface area contributed by atoms with Crippen molar-refractivity contribution < 1.29 is 4.42 Å². The molecule has 300 valence electrons. The smallest absolute Gasteiger partial charge is 0.143 e. The Morgan fingerprint density at radius 2 is 0.875 bits per heavy atom. The molecule has 0 fully saturated rings. The number of para-hydroxylation sites is 4. The van der Waals surface area contributed by atoms with Crippen LogP contribution in [0, 0.1) is 0 Å². The van der Waals surface area contributed by atoms with E-state index in [1.54, 1.807) is 0 Å². The van der Waals surface area contributed by atoms with Gasteiger partial charge >= 0.3 is 0 Å². The summed E-state index contributed by atoms with van der Waals surface area (Å²) < 4.78 is 8.87. The van der Waals surface area contributed by atoms with E-state index in [9.17, 15) is 0 Å². The molecule has 2 aromatic heterocycles. The van der Waals surface area contributed by atoms with Gasteiger partial charge in [0.1, 0.15) is 11.2 Å². The SMILES string of the molecule is c1ccc(C2(c3ccccc3)c3ccccc3-c3cc(N(c4ccc(-c5cccc6c5oc5ccccc56)cc4)c4ccc(-n5c6ccccc6c6ccccc65)cc4)ccc32)cc1. The van der Waals surface area contributed by atoms with Crippen molar-refractivity contribution in [1.29, 1.82) is 0 Å². The highest BCUT2D eigenvalue weighted by molar-refractivity contribution is 6.10. The number of hydrogen-bond donors (Lipinski definition) is 0. The minimum Gasteiger partial charge on any atom is -0.455 e. The van der Waals surface area contributed by atoms with E-state index < -0.39 is 5.41 Å². The number of nitrogens with zero attached hydrogens (tertiary/aromatic N) is 2. The van der Waals surface area contributed by atoms with Gasteiger partial charge in [-0.15, -0.1) is 0 Å². The van der Waals surface area contributed by atoms with E-state index in [-0.39, 0.29) is 0 Å². The van der Waals surface area contributed by atoms with Crippen molar-refractivity contribution in [2.24, 2.45) is 0 Å². The zero-order valence-electron chi connectivity index (χ0n) is 34.9. The summed E-state index contributed by atoms with van der Waals surface area (Å²) in [6.07, 6.45) is 0. The number of anilines is 3. The lowest BCUT2D eigenvalue weighted by Gasteiger charge is -2.34. The molecule has 1 aliphatic carbocycles. The Labute approximate surface area is 371 Å². The Morgan fingerprint density at radius 1 is 0.359 bits per heavy atom. The number of furan rings is 1. The maximum absolute atomic E-state index is 6.49. The standard InChI is InChI=1S/C61H40N2O/c1-3-16-42(17-4-1)61(43-18-5-2-6-19-43)55-26-11-7-20-49(55)54-40-47(38-39-56(54)61)62(44-32-30-41(31-33-44)48-24-15-25-53-52-23-10-14-29-59(52)64-60(48)53)45-34-36-46(37-35-45)63-57-27-12-8-21-50(57)51-22-9-13-28-58(51)63/h1-40H. The van der Waals surface area contributed by atoms with E-state index in [4.69, 9.17) is 4.42 Å². The largest absolute Gasteiger partial charge is 0.455 e. The molecule has 0 aliphatic heterocycles. The molecule has 12 aromatic rings. The van der Waals surface area contributed by atoms with Gasteiger partial charge in [0.05, 0.1) is 16.4 Å². The van der Waals surface area contributed by atoms with Crippen molar-refractivity contribution in [2.45, 2.75) is 5.41 Å². The number of rotatable bonds is 7. The summed E-state index contributed by atoms with van der Waals surface area (Å²) in [4.78, 5) is 2.40. The summed E-state index contributed by atoms with van der Waals surface area (Å²) in [6, 6.07) is 88.2. The fraction of sp³-hybridized carbons (Fsp3) is 0.0164. The Morgan fingerprint density at radius 3 is 1.56 bits per heavy atom. The zero-order chi connectivity index (χ0) is 42.2. The van der Waals surface area contributed by atoms with Crippen LogP contribution in [0.15, 0.2) is 247 Å². The number of benzene rings is 10. The molecule has 3 heteroatoms. The van der Waals surface area contributed by atoms with Crippen LogP contribution < -0.4 is 4.90 Å². The molecule has 1 aliphatic rings. The van der Waals surface area contributed by atoms with Crippen molar-refractivity contribution in [1.82, 2.24) is 4.57 Å². The summed E-state index contributed by atoms with van der Waals surface area (Å²) >= 11 is 0. The lowest BCUT2D eigenvalue weighted by molar-refractivity contribution is 0.670. The van der Waals surface area contributed by atoms with Crippen molar-refractivity contribution in [3.05, 3.63) is 265 Å². The molecule has 0 atom stereocenters. The van der Waals surface area contributed by atoms with Crippen LogP contribution in [0.4, 0.5) is 17.1 Å². The highest BCUT2D eigenvalue weighted by Crippen LogP contribution is 2.57. The Kier molecular flexibility index (Phi) is 8.13. The molecule has 0 bridgehead atoms. The lowest BCUT2D eigenvalue weighted by Crippen LogP contribution is -2.28. The van der Waals surface area contributed by atoms with Crippen molar-refractivity contribution in [3.63, 3.8) is 0 Å². The quantitative estimate of drug-likeness (QED) is 0.160.